The summed E-state index contributed by atoms with van der Waals surface area (Å²) >= 11 is 0. The predicted molar refractivity (Wildman–Crippen MR) is 169 cm³/mol. The normalized spacial score (nSPS) is 25.8. The van der Waals surface area contributed by atoms with Gasteiger partial charge in [-0.1, -0.05) is 12.1 Å². The highest BCUT2D eigenvalue weighted by Gasteiger charge is 2.37. The number of piperazine rings is 1. The molecule has 2 N–H and O–H groups in total. The van der Waals surface area contributed by atoms with Gasteiger partial charge in [0.25, 0.3) is 5.91 Å². The second-order valence-corrected chi connectivity index (χ2v) is 12.6. The zero-order valence-corrected chi connectivity index (χ0v) is 27.1. The van der Waals surface area contributed by atoms with Crippen molar-refractivity contribution in [2.45, 2.75) is 64.3 Å². The van der Waals surface area contributed by atoms with Gasteiger partial charge in [-0.3, -0.25) is 19.4 Å². The molecule has 45 heavy (non-hydrogen) atoms. The van der Waals surface area contributed by atoms with Crippen molar-refractivity contribution in [1.29, 1.82) is 0 Å². The van der Waals surface area contributed by atoms with Crippen molar-refractivity contribution in [3.8, 4) is 5.88 Å². The molecule has 2 fully saturated rings. The van der Waals surface area contributed by atoms with Gasteiger partial charge in [0.15, 0.2) is 0 Å². The quantitative estimate of drug-likeness (QED) is 0.384. The van der Waals surface area contributed by atoms with Crippen LogP contribution in [0.5, 0.6) is 5.88 Å². The van der Waals surface area contributed by atoms with Crippen LogP contribution in [-0.4, -0.2) is 123 Å². The van der Waals surface area contributed by atoms with E-state index >= 15 is 0 Å². The van der Waals surface area contributed by atoms with E-state index in [0.29, 0.717) is 56.1 Å². The Morgan fingerprint density at radius 1 is 1.09 bits per heavy atom. The van der Waals surface area contributed by atoms with Crippen molar-refractivity contribution < 1.29 is 28.2 Å². The maximum absolute atomic E-state index is 14.2. The van der Waals surface area contributed by atoms with Gasteiger partial charge in [-0.2, -0.15) is 0 Å². The number of rotatable bonds is 10. The van der Waals surface area contributed by atoms with E-state index in [2.05, 4.69) is 46.2 Å². The van der Waals surface area contributed by atoms with Gasteiger partial charge in [0.05, 0.1) is 32.4 Å². The summed E-state index contributed by atoms with van der Waals surface area (Å²) in [6.07, 6.45) is 0.331. The molecule has 2 amide bonds. The van der Waals surface area contributed by atoms with Crippen molar-refractivity contribution >= 4 is 17.5 Å². The molecule has 1 aromatic heterocycles. The Hall–Kier alpha value is -3.16. The summed E-state index contributed by atoms with van der Waals surface area (Å²) in [5.41, 5.74) is 2.19. The average molecular weight is 627 g/mol. The Bertz CT molecular complexity index is 1320. The molecule has 5 atom stereocenters. The number of aromatic nitrogens is 1. The van der Waals surface area contributed by atoms with E-state index in [1.165, 1.54) is 12.1 Å². The highest BCUT2D eigenvalue weighted by molar-refractivity contribution is 5.99. The Morgan fingerprint density at radius 2 is 1.82 bits per heavy atom. The van der Waals surface area contributed by atoms with Crippen molar-refractivity contribution in [2.75, 3.05) is 71.2 Å². The summed E-state index contributed by atoms with van der Waals surface area (Å²) in [7, 11) is 1.57. The zero-order chi connectivity index (χ0) is 32.1. The highest BCUT2D eigenvalue weighted by atomic mass is 19.1. The number of hydrogen-bond acceptors (Lipinski definition) is 9. The molecule has 11 nitrogen and oxygen atoms in total. The number of fused-ring (bicyclic) bond motifs is 1. The summed E-state index contributed by atoms with van der Waals surface area (Å²) in [6.45, 7) is 13.5. The fourth-order valence-electron chi connectivity index (χ4n) is 6.49. The maximum atomic E-state index is 14.2. The van der Waals surface area contributed by atoms with E-state index in [0.717, 1.165) is 25.2 Å². The van der Waals surface area contributed by atoms with Crippen molar-refractivity contribution in [3.63, 3.8) is 0 Å². The van der Waals surface area contributed by atoms with Gasteiger partial charge in [0.2, 0.25) is 11.8 Å². The first-order valence-corrected chi connectivity index (χ1v) is 16.0. The lowest BCUT2D eigenvalue weighted by Crippen LogP contribution is -2.63. The monoisotopic (exact) mass is 626 g/mol. The lowest BCUT2D eigenvalue weighted by atomic mass is 10.0. The molecule has 2 saturated heterocycles. The van der Waals surface area contributed by atoms with Crippen LogP contribution in [0.25, 0.3) is 0 Å². The van der Waals surface area contributed by atoms with Crippen molar-refractivity contribution in [1.82, 2.24) is 25.4 Å². The van der Waals surface area contributed by atoms with E-state index in [1.54, 1.807) is 24.1 Å². The number of methoxy groups -OCH3 is 1. The zero-order valence-electron chi connectivity index (χ0n) is 27.1. The van der Waals surface area contributed by atoms with Crippen LogP contribution in [0.3, 0.4) is 0 Å². The summed E-state index contributed by atoms with van der Waals surface area (Å²) in [5.74, 6) is -0.489. The number of benzene rings is 1. The first-order chi connectivity index (χ1) is 21.6. The summed E-state index contributed by atoms with van der Waals surface area (Å²) in [5, 5.41) is 6.44. The Labute approximate surface area is 265 Å². The Kier molecular flexibility index (Phi) is 11.0. The minimum atomic E-state index is -0.365. The van der Waals surface area contributed by atoms with Gasteiger partial charge in [-0.15, -0.1) is 0 Å². The highest BCUT2D eigenvalue weighted by Crippen LogP contribution is 2.35. The first kappa shape index (κ1) is 33.2. The van der Waals surface area contributed by atoms with Crippen LogP contribution < -0.4 is 20.3 Å². The third-order valence-electron chi connectivity index (χ3n) is 8.93. The Morgan fingerprint density at radius 3 is 2.53 bits per heavy atom. The van der Waals surface area contributed by atoms with E-state index in [4.69, 9.17) is 14.2 Å². The second kappa shape index (κ2) is 15.0. The van der Waals surface area contributed by atoms with E-state index in [1.807, 2.05) is 13.0 Å². The third-order valence-corrected chi connectivity index (χ3v) is 8.93. The van der Waals surface area contributed by atoms with E-state index < -0.39 is 0 Å². The number of pyridine rings is 1. The smallest absolute Gasteiger partial charge is 0.270 e. The van der Waals surface area contributed by atoms with Crippen LogP contribution in [-0.2, 0) is 20.7 Å². The summed E-state index contributed by atoms with van der Waals surface area (Å²) < 4.78 is 30.5. The molecule has 1 aromatic carbocycles. The van der Waals surface area contributed by atoms with Gasteiger partial charge in [-0.25, -0.2) is 9.37 Å². The molecule has 2 aromatic rings. The molecule has 0 bridgehead atoms. The van der Waals surface area contributed by atoms with Gasteiger partial charge >= 0.3 is 0 Å². The molecule has 0 radical (unpaired) electrons. The average Bonchev–Trinajstić information content (AvgIpc) is 3.01. The molecular formula is C33H47FN6O5. The fraction of sp³-hybridized carbons (Fsp3) is 0.606. The number of halogens is 1. The Balaban J connectivity index is 1.42. The standard InChI is InChI=1S/C33H47FN6O5/c1-21-15-38(28(14-36-21)16-39-22(2)18-44-19-23(39)3)17-30(41)40-24(4)20-45-33-29(40)13-26(12-25-6-8-27(34)9-7-25)31(37-33)32(42)35-10-11-43-5/h6-9,13,21-24,28,36H,10-12,14-20H2,1-5H3,(H,35,42)/t21-,22-,23-,24?,28-/m1/s1. The summed E-state index contributed by atoms with van der Waals surface area (Å²) in [4.78, 5) is 38.7. The maximum Gasteiger partial charge on any atom is 0.270 e. The van der Waals surface area contributed by atoms with Gasteiger partial charge in [0.1, 0.15) is 23.8 Å². The van der Waals surface area contributed by atoms with Gasteiger partial charge in [0, 0.05) is 57.5 Å². The molecule has 3 aliphatic rings. The molecule has 3 aliphatic heterocycles. The minimum absolute atomic E-state index is 0.0407. The number of nitrogens with one attached hydrogen (secondary N) is 2. The number of anilines is 1. The number of carbonyl (C=O) groups is 2. The molecular weight excluding hydrogens is 579 g/mol. The van der Waals surface area contributed by atoms with Crippen LogP contribution in [0.15, 0.2) is 30.3 Å². The molecule has 1 unspecified atom stereocenters. The van der Waals surface area contributed by atoms with E-state index in [9.17, 15) is 14.0 Å². The van der Waals surface area contributed by atoms with Crippen molar-refractivity contribution in [2.24, 2.45) is 0 Å². The lowest BCUT2D eigenvalue weighted by Gasteiger charge is -2.46. The predicted octanol–water partition coefficient (Wildman–Crippen LogP) is 2.07. The third kappa shape index (κ3) is 7.98. The topological polar surface area (TPSA) is 108 Å². The number of morpholine rings is 1. The number of ether oxygens (including phenoxy) is 3. The SMILES string of the molecule is COCCNC(=O)c1nc2c(cc1Cc1ccc(F)cc1)N(C(=O)CN1C[C@@H](C)NC[C@@H]1CN1[C@H](C)COC[C@H]1C)C(C)CO2. The van der Waals surface area contributed by atoms with Gasteiger partial charge in [-0.05, 0) is 63.4 Å². The van der Waals surface area contributed by atoms with Crippen LogP contribution in [0.2, 0.25) is 0 Å². The van der Waals surface area contributed by atoms with Crippen LogP contribution in [0.4, 0.5) is 10.1 Å². The minimum Gasteiger partial charge on any atom is -0.474 e. The second-order valence-electron chi connectivity index (χ2n) is 12.6. The van der Waals surface area contributed by atoms with Crippen LogP contribution >= 0.6 is 0 Å². The van der Waals surface area contributed by atoms with Crippen LogP contribution in [0, 0.1) is 5.82 Å². The van der Waals surface area contributed by atoms with Crippen molar-refractivity contribution in [3.05, 3.63) is 53.0 Å². The molecule has 12 heteroatoms. The lowest BCUT2D eigenvalue weighted by molar-refractivity contribution is -0.122. The molecule has 5 rings (SSSR count). The number of nitrogens with zero attached hydrogens (tertiary/aromatic N) is 4. The van der Waals surface area contributed by atoms with Crippen LogP contribution in [0.1, 0.15) is 49.3 Å². The fourth-order valence-corrected chi connectivity index (χ4v) is 6.49. The molecule has 4 heterocycles. The molecule has 246 valence electrons. The number of hydrogen-bond donors (Lipinski definition) is 2. The van der Waals surface area contributed by atoms with Gasteiger partial charge < -0.3 is 29.7 Å². The largest absolute Gasteiger partial charge is 0.474 e. The molecule has 0 aliphatic carbocycles. The number of amides is 2. The number of carbonyl (C=O) groups excluding carboxylic acids is 2. The molecule has 0 spiro atoms. The summed E-state index contributed by atoms with van der Waals surface area (Å²) in [6, 6.07) is 8.79. The van der Waals surface area contributed by atoms with E-state index in [-0.39, 0.29) is 60.5 Å². The molecule has 0 saturated carbocycles. The first-order valence-electron chi connectivity index (χ1n) is 16.0.